The molecule has 0 saturated carbocycles. The monoisotopic (exact) mass is 203 g/mol. The van der Waals surface area contributed by atoms with Crippen molar-refractivity contribution in [3.63, 3.8) is 0 Å². The Kier molecular flexibility index (Phi) is 1.42. The van der Waals surface area contributed by atoms with Crippen LogP contribution in [0.1, 0.15) is 0 Å². The molecule has 14 heavy (non-hydrogen) atoms. The summed E-state index contributed by atoms with van der Waals surface area (Å²) in [5.41, 5.74) is 1.08. The second-order valence-corrected chi connectivity index (χ2v) is 4.38. The van der Waals surface area contributed by atoms with Crippen molar-refractivity contribution < 1.29 is 5.11 Å². The Hall–Kier alpha value is -1.48. The van der Waals surface area contributed by atoms with Crippen molar-refractivity contribution in [1.29, 1.82) is 0 Å². The van der Waals surface area contributed by atoms with Gasteiger partial charge in [0.1, 0.15) is 0 Å². The summed E-state index contributed by atoms with van der Waals surface area (Å²) in [5.74, 6) is 0.317. The normalized spacial score (nSPS) is 11.5. The molecule has 0 spiro atoms. The van der Waals surface area contributed by atoms with Gasteiger partial charge in [-0.15, -0.1) is 11.3 Å². The van der Waals surface area contributed by atoms with Crippen molar-refractivity contribution >= 4 is 32.3 Å². The summed E-state index contributed by atoms with van der Waals surface area (Å²) < 4.78 is 3.06. The first-order chi connectivity index (χ1) is 6.75. The van der Waals surface area contributed by atoms with Gasteiger partial charge in [0.15, 0.2) is 5.88 Å². The fourth-order valence-corrected chi connectivity index (χ4v) is 2.59. The Morgan fingerprint density at radius 3 is 2.93 bits per heavy atom. The highest BCUT2D eigenvalue weighted by Crippen LogP contribution is 2.30. The maximum atomic E-state index is 9.55. The number of aryl methyl sites for hydroxylation is 1. The third-order valence-corrected chi connectivity index (χ3v) is 3.47. The minimum absolute atomic E-state index is 0.317. The first kappa shape index (κ1) is 7.88. The van der Waals surface area contributed by atoms with E-state index in [0.717, 1.165) is 10.9 Å². The Bertz CT molecular complexity index is 621. The van der Waals surface area contributed by atoms with E-state index in [4.69, 9.17) is 0 Å². The van der Waals surface area contributed by atoms with Crippen LogP contribution in [0.5, 0.6) is 5.88 Å². The molecule has 2 aromatic heterocycles. The second-order valence-electron chi connectivity index (χ2n) is 3.43. The van der Waals surface area contributed by atoms with Crippen LogP contribution in [0.3, 0.4) is 0 Å². The van der Waals surface area contributed by atoms with E-state index in [1.165, 1.54) is 10.1 Å². The molecule has 0 atom stereocenters. The minimum Gasteiger partial charge on any atom is -0.494 e. The zero-order valence-corrected chi connectivity index (χ0v) is 8.51. The molecule has 1 aromatic carbocycles. The third-order valence-electron chi connectivity index (χ3n) is 2.59. The van der Waals surface area contributed by atoms with Gasteiger partial charge in [-0.05, 0) is 29.0 Å². The maximum absolute atomic E-state index is 9.55. The summed E-state index contributed by atoms with van der Waals surface area (Å²) in [5, 5.41) is 14.0. The van der Waals surface area contributed by atoms with Crippen molar-refractivity contribution in [3.8, 4) is 5.88 Å². The summed E-state index contributed by atoms with van der Waals surface area (Å²) in [6, 6.07) is 8.13. The van der Waals surface area contributed by atoms with Crippen molar-refractivity contribution in [2.24, 2.45) is 7.05 Å². The molecule has 3 rings (SSSR count). The highest BCUT2D eigenvalue weighted by molar-refractivity contribution is 7.17. The van der Waals surface area contributed by atoms with Gasteiger partial charge in [0.25, 0.3) is 0 Å². The Morgan fingerprint density at radius 2 is 2.07 bits per heavy atom. The van der Waals surface area contributed by atoms with Gasteiger partial charge >= 0.3 is 0 Å². The lowest BCUT2D eigenvalue weighted by Gasteiger charge is -1.97. The van der Waals surface area contributed by atoms with Gasteiger partial charge in [-0.25, -0.2) is 0 Å². The van der Waals surface area contributed by atoms with Crippen LogP contribution in [0.15, 0.2) is 29.6 Å². The highest BCUT2D eigenvalue weighted by atomic mass is 32.1. The number of nitrogens with zero attached hydrogens (tertiary/aromatic N) is 1. The minimum atomic E-state index is 0.317. The molecule has 0 amide bonds. The summed E-state index contributed by atoms with van der Waals surface area (Å²) in [6.45, 7) is 0. The summed E-state index contributed by atoms with van der Waals surface area (Å²) in [6.07, 6.45) is 0. The fraction of sp³-hybridized carbons (Fsp3) is 0.0909. The van der Waals surface area contributed by atoms with Crippen molar-refractivity contribution in [2.75, 3.05) is 0 Å². The van der Waals surface area contributed by atoms with Crippen molar-refractivity contribution in [3.05, 3.63) is 29.6 Å². The van der Waals surface area contributed by atoms with Gasteiger partial charge in [0.2, 0.25) is 0 Å². The van der Waals surface area contributed by atoms with Crippen LogP contribution >= 0.6 is 11.3 Å². The van der Waals surface area contributed by atoms with Crippen LogP contribution in [0, 0.1) is 0 Å². The van der Waals surface area contributed by atoms with Crippen LogP contribution in [-0.4, -0.2) is 9.67 Å². The molecule has 0 bridgehead atoms. The first-order valence-electron chi connectivity index (χ1n) is 4.41. The number of hydrogen-bond donors (Lipinski definition) is 1. The fourth-order valence-electron chi connectivity index (χ4n) is 1.78. The van der Waals surface area contributed by atoms with E-state index in [0.29, 0.717) is 5.88 Å². The molecule has 2 nitrogen and oxygen atoms in total. The average Bonchev–Trinajstić information content (AvgIpc) is 2.70. The predicted molar refractivity (Wildman–Crippen MR) is 60.0 cm³/mol. The molecule has 0 unspecified atom stereocenters. The van der Waals surface area contributed by atoms with Gasteiger partial charge in [0.05, 0.1) is 5.52 Å². The molecule has 0 aliphatic carbocycles. The lowest BCUT2D eigenvalue weighted by Crippen LogP contribution is -1.84. The van der Waals surface area contributed by atoms with Crippen LogP contribution in [0.4, 0.5) is 0 Å². The third kappa shape index (κ3) is 0.902. The molecule has 0 aliphatic rings. The summed E-state index contributed by atoms with van der Waals surface area (Å²) in [7, 11) is 1.87. The largest absolute Gasteiger partial charge is 0.494 e. The quantitative estimate of drug-likeness (QED) is 0.596. The maximum Gasteiger partial charge on any atom is 0.191 e. The highest BCUT2D eigenvalue weighted by Gasteiger charge is 2.05. The average molecular weight is 203 g/mol. The smallest absolute Gasteiger partial charge is 0.191 e. The lowest BCUT2D eigenvalue weighted by molar-refractivity contribution is 0.435. The topological polar surface area (TPSA) is 25.2 Å². The molecular weight excluding hydrogens is 194 g/mol. The zero-order valence-electron chi connectivity index (χ0n) is 7.69. The van der Waals surface area contributed by atoms with E-state index in [9.17, 15) is 5.11 Å². The number of thiophene rings is 1. The molecule has 3 heteroatoms. The number of benzene rings is 1. The molecule has 3 aromatic rings. The zero-order chi connectivity index (χ0) is 9.71. The van der Waals surface area contributed by atoms with Crippen LogP contribution in [-0.2, 0) is 7.05 Å². The van der Waals surface area contributed by atoms with Crippen molar-refractivity contribution in [1.82, 2.24) is 4.57 Å². The van der Waals surface area contributed by atoms with Crippen LogP contribution in [0.2, 0.25) is 0 Å². The van der Waals surface area contributed by atoms with Crippen LogP contribution in [0.25, 0.3) is 21.0 Å². The van der Waals surface area contributed by atoms with Gasteiger partial charge in [-0.3, -0.25) is 0 Å². The SMILES string of the molecule is Cn1c(O)cc2cc3ccsc3cc21. The molecule has 0 radical (unpaired) electrons. The molecule has 1 N–H and O–H groups in total. The summed E-state index contributed by atoms with van der Waals surface area (Å²) >= 11 is 1.73. The van der Waals surface area contributed by atoms with E-state index in [2.05, 4.69) is 23.6 Å². The standard InChI is InChI=1S/C11H9NOS/c1-12-9-6-10-7(2-3-14-10)4-8(9)5-11(12)13/h2-6,13H,1H3. The molecule has 70 valence electrons. The first-order valence-corrected chi connectivity index (χ1v) is 5.29. The van der Waals surface area contributed by atoms with E-state index < -0.39 is 0 Å². The number of rotatable bonds is 0. The molecular formula is C11H9NOS. The van der Waals surface area contributed by atoms with E-state index in [-0.39, 0.29) is 0 Å². The van der Waals surface area contributed by atoms with E-state index in [1.54, 1.807) is 22.0 Å². The Labute approximate surface area is 85.0 Å². The number of hydrogen-bond acceptors (Lipinski definition) is 2. The molecule has 0 saturated heterocycles. The van der Waals surface area contributed by atoms with Crippen molar-refractivity contribution in [2.45, 2.75) is 0 Å². The van der Waals surface area contributed by atoms with E-state index >= 15 is 0 Å². The van der Waals surface area contributed by atoms with Gasteiger partial charge in [0, 0.05) is 23.2 Å². The van der Waals surface area contributed by atoms with Crippen LogP contribution < -0.4 is 0 Å². The summed E-state index contributed by atoms with van der Waals surface area (Å²) in [4.78, 5) is 0. The van der Waals surface area contributed by atoms with Gasteiger partial charge < -0.3 is 9.67 Å². The van der Waals surface area contributed by atoms with Gasteiger partial charge in [-0.1, -0.05) is 0 Å². The van der Waals surface area contributed by atoms with E-state index in [1.807, 2.05) is 7.05 Å². The Morgan fingerprint density at radius 1 is 1.21 bits per heavy atom. The lowest BCUT2D eigenvalue weighted by atomic mass is 10.2. The molecule has 0 fully saturated rings. The second kappa shape index (κ2) is 2.51. The predicted octanol–water partition coefficient (Wildman–Crippen LogP) is 3.10. The number of aromatic nitrogens is 1. The number of aromatic hydroxyl groups is 1. The molecule has 2 heterocycles. The number of fused-ring (bicyclic) bond motifs is 2. The Balaban J connectivity index is 2.56. The van der Waals surface area contributed by atoms with Gasteiger partial charge in [-0.2, -0.15) is 0 Å². The molecule has 0 aliphatic heterocycles.